The van der Waals surface area contributed by atoms with E-state index in [0.29, 0.717) is 28.5 Å². The number of carbonyl (C=O) groups excluding carboxylic acids is 2. The van der Waals surface area contributed by atoms with E-state index in [2.05, 4.69) is 15.6 Å². The first kappa shape index (κ1) is 22.9. The molecule has 2 amide bonds. The van der Waals surface area contributed by atoms with Gasteiger partial charge in [0, 0.05) is 18.4 Å². The Kier molecular flexibility index (Phi) is 7.13. The van der Waals surface area contributed by atoms with Crippen LogP contribution < -0.4 is 10.6 Å². The molecule has 4 rings (SSSR count). The monoisotopic (exact) mass is 457 g/mol. The zero-order valence-corrected chi connectivity index (χ0v) is 18.6. The minimum Gasteiger partial charge on any atom is -0.441 e. The number of para-hydroxylation sites is 1. The van der Waals surface area contributed by atoms with Crippen LogP contribution in [0.3, 0.4) is 0 Å². The van der Waals surface area contributed by atoms with Crippen molar-refractivity contribution in [3.05, 3.63) is 108 Å². The van der Waals surface area contributed by atoms with Crippen molar-refractivity contribution in [1.29, 1.82) is 0 Å². The summed E-state index contributed by atoms with van der Waals surface area (Å²) in [6.07, 6.45) is 1.96. The summed E-state index contributed by atoms with van der Waals surface area (Å²) in [5.41, 5.74) is 2.51. The minimum absolute atomic E-state index is 0.125. The number of oxazole rings is 1. The number of aryl methyl sites for hydroxylation is 1. The molecule has 6 nitrogen and oxygen atoms in total. The number of rotatable bonds is 8. The Morgan fingerprint density at radius 2 is 1.68 bits per heavy atom. The number of hydrogen-bond acceptors (Lipinski definition) is 4. The molecule has 34 heavy (non-hydrogen) atoms. The second kappa shape index (κ2) is 10.6. The lowest BCUT2D eigenvalue weighted by atomic mass is 10.1. The molecule has 1 atom stereocenters. The van der Waals surface area contributed by atoms with Gasteiger partial charge in [0.25, 0.3) is 5.91 Å². The topological polar surface area (TPSA) is 84.2 Å². The van der Waals surface area contributed by atoms with Crippen LogP contribution in [0.25, 0.3) is 11.3 Å². The molecule has 0 bridgehead atoms. The standard InChI is InChI=1S/C27H24FN3O3/c1-18(19-7-3-2-4-8-19)30-27(33)22-9-5-6-10-23(22)31-25(32)15-16-26-29-17-24(34-26)20-11-13-21(28)14-12-20/h2-14,17-18H,15-16H2,1H3,(H,30,33)(H,31,32). The number of anilines is 1. The van der Waals surface area contributed by atoms with Gasteiger partial charge in [-0.2, -0.15) is 0 Å². The van der Waals surface area contributed by atoms with Crippen molar-refractivity contribution in [2.24, 2.45) is 0 Å². The van der Waals surface area contributed by atoms with Crippen LogP contribution >= 0.6 is 0 Å². The zero-order chi connectivity index (χ0) is 23.9. The van der Waals surface area contributed by atoms with Crippen LogP contribution in [0.15, 0.2) is 89.5 Å². The Hall–Kier alpha value is -4.26. The summed E-state index contributed by atoms with van der Waals surface area (Å²) >= 11 is 0. The molecule has 0 aliphatic heterocycles. The van der Waals surface area contributed by atoms with Crippen LogP contribution in [0.2, 0.25) is 0 Å². The van der Waals surface area contributed by atoms with Gasteiger partial charge in [-0.15, -0.1) is 0 Å². The van der Waals surface area contributed by atoms with E-state index in [0.717, 1.165) is 5.56 Å². The van der Waals surface area contributed by atoms with Crippen LogP contribution in [-0.4, -0.2) is 16.8 Å². The second-order valence-electron chi connectivity index (χ2n) is 7.82. The lowest BCUT2D eigenvalue weighted by Crippen LogP contribution is -2.28. The number of hydrogen-bond donors (Lipinski definition) is 2. The first-order valence-corrected chi connectivity index (χ1v) is 10.9. The highest BCUT2D eigenvalue weighted by Gasteiger charge is 2.16. The van der Waals surface area contributed by atoms with Gasteiger partial charge < -0.3 is 15.1 Å². The Morgan fingerprint density at radius 1 is 0.971 bits per heavy atom. The Morgan fingerprint density at radius 3 is 2.44 bits per heavy atom. The van der Waals surface area contributed by atoms with E-state index in [1.165, 1.54) is 12.1 Å². The number of halogens is 1. The number of nitrogens with zero attached hydrogens (tertiary/aromatic N) is 1. The summed E-state index contributed by atoms with van der Waals surface area (Å²) in [7, 11) is 0. The molecular weight excluding hydrogens is 433 g/mol. The molecule has 0 radical (unpaired) electrons. The largest absolute Gasteiger partial charge is 0.441 e. The van der Waals surface area contributed by atoms with Crippen LogP contribution in [0.1, 0.15) is 41.2 Å². The van der Waals surface area contributed by atoms with Crippen molar-refractivity contribution >= 4 is 17.5 Å². The highest BCUT2D eigenvalue weighted by molar-refractivity contribution is 6.03. The molecule has 172 valence electrons. The van der Waals surface area contributed by atoms with Gasteiger partial charge in [-0.25, -0.2) is 9.37 Å². The van der Waals surface area contributed by atoms with Crippen molar-refractivity contribution in [2.45, 2.75) is 25.8 Å². The summed E-state index contributed by atoms with van der Waals surface area (Å²) < 4.78 is 18.8. The van der Waals surface area contributed by atoms with E-state index < -0.39 is 0 Å². The third kappa shape index (κ3) is 5.75. The molecule has 1 heterocycles. The fourth-order valence-electron chi connectivity index (χ4n) is 3.50. The van der Waals surface area contributed by atoms with Crippen molar-refractivity contribution in [3.63, 3.8) is 0 Å². The average molecular weight is 458 g/mol. The normalized spacial score (nSPS) is 11.6. The Labute approximate surface area is 196 Å². The number of benzene rings is 3. The Bertz CT molecular complexity index is 1270. The number of aromatic nitrogens is 1. The van der Waals surface area contributed by atoms with Gasteiger partial charge in [0.2, 0.25) is 5.91 Å². The number of amides is 2. The van der Waals surface area contributed by atoms with Crippen LogP contribution in [0.5, 0.6) is 0 Å². The average Bonchev–Trinajstić information content (AvgIpc) is 3.33. The highest BCUT2D eigenvalue weighted by Crippen LogP contribution is 2.22. The Balaban J connectivity index is 1.36. The van der Waals surface area contributed by atoms with Crippen LogP contribution in [0, 0.1) is 5.82 Å². The maximum Gasteiger partial charge on any atom is 0.253 e. The third-order valence-electron chi connectivity index (χ3n) is 5.34. The quantitative estimate of drug-likeness (QED) is 0.364. The number of carbonyl (C=O) groups is 2. The summed E-state index contributed by atoms with van der Waals surface area (Å²) in [4.78, 5) is 29.6. The zero-order valence-electron chi connectivity index (χ0n) is 18.6. The molecule has 0 saturated carbocycles. The van der Waals surface area contributed by atoms with Crippen molar-refractivity contribution in [1.82, 2.24) is 10.3 Å². The summed E-state index contributed by atoms with van der Waals surface area (Å²) in [6, 6.07) is 22.2. The van der Waals surface area contributed by atoms with E-state index in [-0.39, 0.29) is 36.5 Å². The van der Waals surface area contributed by atoms with E-state index in [1.807, 2.05) is 37.3 Å². The fourth-order valence-corrected chi connectivity index (χ4v) is 3.50. The van der Waals surface area contributed by atoms with Crippen LogP contribution in [0.4, 0.5) is 10.1 Å². The third-order valence-corrected chi connectivity index (χ3v) is 5.34. The lowest BCUT2D eigenvalue weighted by Gasteiger charge is -2.16. The molecule has 0 aliphatic rings. The fraction of sp³-hybridized carbons (Fsp3) is 0.148. The predicted octanol–water partition coefficient (Wildman–Crippen LogP) is 5.54. The molecule has 0 fully saturated rings. The van der Waals surface area contributed by atoms with Crippen LogP contribution in [-0.2, 0) is 11.2 Å². The number of nitrogens with one attached hydrogen (secondary N) is 2. The summed E-state index contributed by atoms with van der Waals surface area (Å²) in [5, 5.41) is 5.78. The maximum absolute atomic E-state index is 13.1. The van der Waals surface area contributed by atoms with Gasteiger partial charge in [-0.1, -0.05) is 42.5 Å². The molecule has 7 heteroatoms. The van der Waals surface area contributed by atoms with E-state index >= 15 is 0 Å². The van der Waals surface area contributed by atoms with E-state index in [9.17, 15) is 14.0 Å². The molecule has 0 spiro atoms. The molecule has 3 aromatic carbocycles. The molecule has 1 aromatic heterocycles. The maximum atomic E-state index is 13.1. The van der Waals surface area contributed by atoms with Gasteiger partial charge in [0.15, 0.2) is 11.7 Å². The first-order valence-electron chi connectivity index (χ1n) is 10.9. The molecule has 2 N–H and O–H groups in total. The smallest absolute Gasteiger partial charge is 0.253 e. The van der Waals surface area contributed by atoms with Crippen molar-refractivity contribution in [2.75, 3.05) is 5.32 Å². The SMILES string of the molecule is CC(NC(=O)c1ccccc1NC(=O)CCc1ncc(-c2ccc(F)cc2)o1)c1ccccc1. The summed E-state index contributed by atoms with van der Waals surface area (Å²) in [5.74, 6) is 0.0348. The van der Waals surface area contributed by atoms with E-state index in [1.54, 1.807) is 42.6 Å². The predicted molar refractivity (Wildman–Crippen MR) is 128 cm³/mol. The molecule has 4 aromatic rings. The van der Waals surface area contributed by atoms with Gasteiger partial charge >= 0.3 is 0 Å². The highest BCUT2D eigenvalue weighted by atomic mass is 19.1. The van der Waals surface area contributed by atoms with Gasteiger partial charge in [-0.05, 0) is 48.9 Å². The second-order valence-corrected chi connectivity index (χ2v) is 7.82. The van der Waals surface area contributed by atoms with Crippen molar-refractivity contribution in [3.8, 4) is 11.3 Å². The van der Waals surface area contributed by atoms with Crippen molar-refractivity contribution < 1.29 is 18.4 Å². The molecule has 1 unspecified atom stereocenters. The van der Waals surface area contributed by atoms with Gasteiger partial charge in [0.05, 0.1) is 23.5 Å². The first-order chi connectivity index (χ1) is 16.5. The van der Waals surface area contributed by atoms with Gasteiger partial charge in [0.1, 0.15) is 5.82 Å². The summed E-state index contributed by atoms with van der Waals surface area (Å²) in [6.45, 7) is 1.91. The lowest BCUT2D eigenvalue weighted by molar-refractivity contribution is -0.116. The minimum atomic E-state index is -0.330. The molecular formula is C27H24FN3O3. The van der Waals surface area contributed by atoms with E-state index in [4.69, 9.17) is 4.42 Å². The molecule has 0 aliphatic carbocycles. The molecule has 0 saturated heterocycles. The van der Waals surface area contributed by atoms with Gasteiger partial charge in [-0.3, -0.25) is 9.59 Å².